The van der Waals surface area contributed by atoms with Crippen LogP contribution in [0.4, 0.5) is 4.39 Å². The standard InChI is InChI=1S/C15H22FNO.ClH/c1-17(2)11-13-7-5-9-15(13,18)10-12-6-3-4-8-14(12)16;/h3-4,6,8,13,18H,5,7,9-11H2,1-2H3;1H. The Morgan fingerprint density at radius 3 is 2.68 bits per heavy atom. The summed E-state index contributed by atoms with van der Waals surface area (Å²) < 4.78 is 13.7. The molecule has 1 aromatic rings. The molecule has 2 unspecified atom stereocenters. The normalized spacial score (nSPS) is 26.5. The van der Waals surface area contributed by atoms with E-state index >= 15 is 0 Å². The average Bonchev–Trinajstić information content (AvgIpc) is 2.63. The smallest absolute Gasteiger partial charge is 0.126 e. The van der Waals surface area contributed by atoms with E-state index in [0.717, 1.165) is 25.8 Å². The lowest BCUT2D eigenvalue weighted by Crippen LogP contribution is -2.41. The number of halogens is 2. The highest BCUT2D eigenvalue weighted by Crippen LogP contribution is 2.38. The number of aliphatic hydroxyl groups is 1. The Bertz CT molecular complexity index is 413. The van der Waals surface area contributed by atoms with Crippen molar-refractivity contribution in [1.29, 1.82) is 0 Å². The van der Waals surface area contributed by atoms with E-state index in [0.29, 0.717) is 12.0 Å². The Morgan fingerprint density at radius 1 is 1.37 bits per heavy atom. The molecule has 0 bridgehead atoms. The van der Waals surface area contributed by atoms with Gasteiger partial charge in [-0.05, 0) is 38.6 Å². The lowest BCUT2D eigenvalue weighted by Gasteiger charge is -2.32. The Morgan fingerprint density at radius 2 is 2.05 bits per heavy atom. The topological polar surface area (TPSA) is 23.5 Å². The molecule has 19 heavy (non-hydrogen) atoms. The molecule has 0 spiro atoms. The molecule has 4 heteroatoms. The minimum absolute atomic E-state index is 0. The van der Waals surface area contributed by atoms with Crippen LogP contribution in [0.15, 0.2) is 24.3 Å². The van der Waals surface area contributed by atoms with Crippen LogP contribution in [0, 0.1) is 11.7 Å². The van der Waals surface area contributed by atoms with Gasteiger partial charge in [0.2, 0.25) is 0 Å². The van der Waals surface area contributed by atoms with Gasteiger partial charge in [-0.25, -0.2) is 4.39 Å². The molecule has 108 valence electrons. The summed E-state index contributed by atoms with van der Waals surface area (Å²) in [4.78, 5) is 2.10. The van der Waals surface area contributed by atoms with Gasteiger partial charge in [-0.15, -0.1) is 12.4 Å². The SMILES string of the molecule is CN(C)CC1CCCC1(O)Cc1ccccc1F.Cl. The molecular formula is C15H23ClFNO. The first kappa shape index (κ1) is 16.4. The predicted molar refractivity (Wildman–Crippen MR) is 78.2 cm³/mol. The molecule has 0 aromatic heterocycles. The monoisotopic (exact) mass is 287 g/mol. The van der Waals surface area contributed by atoms with Crippen molar-refractivity contribution in [2.45, 2.75) is 31.3 Å². The number of hydrogen-bond donors (Lipinski definition) is 1. The quantitative estimate of drug-likeness (QED) is 0.920. The van der Waals surface area contributed by atoms with Crippen LogP contribution in [0.25, 0.3) is 0 Å². The van der Waals surface area contributed by atoms with Crippen molar-refractivity contribution in [3.63, 3.8) is 0 Å². The molecule has 2 atom stereocenters. The van der Waals surface area contributed by atoms with Gasteiger partial charge in [-0.1, -0.05) is 24.6 Å². The maximum atomic E-state index is 13.7. The molecule has 0 radical (unpaired) electrons. The molecule has 1 aliphatic rings. The molecule has 1 aliphatic carbocycles. The average molecular weight is 288 g/mol. The van der Waals surface area contributed by atoms with E-state index in [4.69, 9.17) is 0 Å². The number of nitrogens with zero attached hydrogens (tertiary/aromatic N) is 1. The van der Waals surface area contributed by atoms with E-state index in [1.54, 1.807) is 12.1 Å². The molecule has 1 saturated carbocycles. The third-order valence-corrected chi connectivity index (χ3v) is 3.96. The second-order valence-electron chi connectivity index (χ2n) is 5.72. The summed E-state index contributed by atoms with van der Waals surface area (Å²) in [7, 11) is 4.03. The van der Waals surface area contributed by atoms with Gasteiger partial charge in [0.1, 0.15) is 5.82 Å². The molecule has 1 N–H and O–H groups in total. The lowest BCUT2D eigenvalue weighted by atomic mass is 9.84. The van der Waals surface area contributed by atoms with Crippen LogP contribution >= 0.6 is 12.4 Å². The highest BCUT2D eigenvalue weighted by molar-refractivity contribution is 5.85. The molecule has 0 saturated heterocycles. The zero-order valence-electron chi connectivity index (χ0n) is 11.6. The molecule has 2 nitrogen and oxygen atoms in total. The van der Waals surface area contributed by atoms with Crippen LogP contribution in [0.3, 0.4) is 0 Å². The molecule has 1 aromatic carbocycles. The van der Waals surface area contributed by atoms with Crippen LogP contribution in [0.1, 0.15) is 24.8 Å². The van der Waals surface area contributed by atoms with E-state index in [-0.39, 0.29) is 24.1 Å². The van der Waals surface area contributed by atoms with E-state index in [1.807, 2.05) is 20.2 Å². The van der Waals surface area contributed by atoms with Crippen LogP contribution in [-0.4, -0.2) is 36.2 Å². The fourth-order valence-electron chi connectivity index (χ4n) is 3.03. The predicted octanol–water partition coefficient (Wildman–Crippen LogP) is 2.88. The first-order valence-electron chi connectivity index (χ1n) is 6.62. The molecular weight excluding hydrogens is 265 g/mol. The highest BCUT2D eigenvalue weighted by atomic mass is 35.5. The van der Waals surface area contributed by atoms with Gasteiger partial charge < -0.3 is 10.0 Å². The summed E-state index contributed by atoms with van der Waals surface area (Å²) in [6, 6.07) is 6.76. The van der Waals surface area contributed by atoms with Crippen molar-refractivity contribution in [3.8, 4) is 0 Å². The summed E-state index contributed by atoms with van der Waals surface area (Å²) in [6.07, 6.45) is 3.27. The van der Waals surface area contributed by atoms with Crippen molar-refractivity contribution < 1.29 is 9.50 Å². The summed E-state index contributed by atoms with van der Waals surface area (Å²) in [6.45, 7) is 0.866. The Balaban J connectivity index is 0.00000180. The van der Waals surface area contributed by atoms with E-state index < -0.39 is 5.60 Å². The maximum absolute atomic E-state index is 13.7. The summed E-state index contributed by atoms with van der Waals surface area (Å²) in [5.74, 6) is 0.0357. The number of rotatable bonds is 4. The first-order chi connectivity index (χ1) is 8.51. The summed E-state index contributed by atoms with van der Waals surface area (Å²) in [5, 5.41) is 10.8. The van der Waals surface area contributed by atoms with Gasteiger partial charge in [0.15, 0.2) is 0 Å². The van der Waals surface area contributed by atoms with Crippen molar-refractivity contribution in [3.05, 3.63) is 35.6 Å². The molecule has 1 fully saturated rings. The van der Waals surface area contributed by atoms with Crippen molar-refractivity contribution >= 4 is 12.4 Å². The Kier molecular flexibility index (Phi) is 5.78. The van der Waals surface area contributed by atoms with Gasteiger partial charge in [0, 0.05) is 18.9 Å². The van der Waals surface area contributed by atoms with Gasteiger partial charge >= 0.3 is 0 Å². The lowest BCUT2D eigenvalue weighted by molar-refractivity contribution is -0.00633. The minimum atomic E-state index is -0.744. The van der Waals surface area contributed by atoms with Crippen molar-refractivity contribution in [2.24, 2.45) is 5.92 Å². The zero-order chi connectivity index (χ0) is 13.2. The van der Waals surface area contributed by atoms with Gasteiger partial charge in [0.25, 0.3) is 0 Å². The highest BCUT2D eigenvalue weighted by Gasteiger charge is 2.41. The Labute approximate surface area is 121 Å². The number of hydrogen-bond acceptors (Lipinski definition) is 2. The van der Waals surface area contributed by atoms with Gasteiger partial charge in [-0.3, -0.25) is 0 Å². The third-order valence-electron chi connectivity index (χ3n) is 3.96. The van der Waals surface area contributed by atoms with E-state index in [1.165, 1.54) is 6.07 Å². The number of benzene rings is 1. The summed E-state index contributed by atoms with van der Waals surface area (Å²) >= 11 is 0. The largest absolute Gasteiger partial charge is 0.389 e. The van der Waals surface area contributed by atoms with Crippen molar-refractivity contribution in [2.75, 3.05) is 20.6 Å². The fraction of sp³-hybridized carbons (Fsp3) is 0.600. The molecule has 2 rings (SSSR count). The van der Waals surface area contributed by atoms with Gasteiger partial charge in [0.05, 0.1) is 5.60 Å². The molecule has 0 aliphatic heterocycles. The van der Waals surface area contributed by atoms with Gasteiger partial charge in [-0.2, -0.15) is 0 Å². The van der Waals surface area contributed by atoms with E-state index in [9.17, 15) is 9.50 Å². The van der Waals surface area contributed by atoms with Crippen LogP contribution in [-0.2, 0) is 6.42 Å². The molecule has 0 heterocycles. The fourth-order valence-corrected chi connectivity index (χ4v) is 3.03. The van der Waals surface area contributed by atoms with Crippen LogP contribution < -0.4 is 0 Å². The van der Waals surface area contributed by atoms with Crippen molar-refractivity contribution in [1.82, 2.24) is 4.90 Å². The first-order valence-corrected chi connectivity index (χ1v) is 6.62. The second-order valence-corrected chi connectivity index (χ2v) is 5.72. The molecule has 0 amide bonds. The second kappa shape index (κ2) is 6.69. The minimum Gasteiger partial charge on any atom is -0.389 e. The third kappa shape index (κ3) is 3.91. The summed E-state index contributed by atoms with van der Waals surface area (Å²) in [5.41, 5.74) is -0.113. The zero-order valence-corrected chi connectivity index (χ0v) is 12.4. The van der Waals surface area contributed by atoms with Crippen LogP contribution in [0.2, 0.25) is 0 Å². The Hall–Kier alpha value is -0.640. The van der Waals surface area contributed by atoms with E-state index in [2.05, 4.69) is 4.90 Å². The van der Waals surface area contributed by atoms with Crippen LogP contribution in [0.5, 0.6) is 0 Å². The maximum Gasteiger partial charge on any atom is 0.126 e.